The predicted molar refractivity (Wildman–Crippen MR) is 118 cm³/mol. The van der Waals surface area contributed by atoms with Crippen molar-refractivity contribution in [1.29, 1.82) is 0 Å². The van der Waals surface area contributed by atoms with E-state index in [-0.39, 0.29) is 17.6 Å². The summed E-state index contributed by atoms with van der Waals surface area (Å²) in [6.45, 7) is 8.12. The third kappa shape index (κ3) is 4.79. The SMILES string of the molecule is CC(C)c1cccc(C(C)C)c1NC(=O)NS(=O)(=O)Cc1ccc2c(c1)nnn2C. The molecule has 2 aromatic carbocycles. The molecule has 9 heteroatoms. The van der Waals surface area contributed by atoms with Crippen LogP contribution >= 0.6 is 0 Å². The fraction of sp³-hybridized carbons (Fsp3) is 0.381. The fourth-order valence-electron chi connectivity index (χ4n) is 3.41. The summed E-state index contributed by atoms with van der Waals surface area (Å²) in [4.78, 5) is 12.6. The number of amides is 2. The first-order chi connectivity index (χ1) is 14.1. The molecule has 0 aliphatic carbocycles. The molecule has 8 nitrogen and oxygen atoms in total. The molecular weight excluding hydrogens is 402 g/mol. The van der Waals surface area contributed by atoms with Crippen LogP contribution in [0, 0.1) is 0 Å². The highest BCUT2D eigenvalue weighted by molar-refractivity contribution is 7.89. The van der Waals surface area contributed by atoms with Crippen molar-refractivity contribution >= 4 is 32.8 Å². The first kappa shape index (κ1) is 21.8. The van der Waals surface area contributed by atoms with Crippen molar-refractivity contribution in [1.82, 2.24) is 19.7 Å². The Morgan fingerprint density at radius 3 is 2.30 bits per heavy atom. The zero-order valence-electron chi connectivity index (χ0n) is 17.8. The number of carbonyl (C=O) groups is 1. The van der Waals surface area contributed by atoms with Gasteiger partial charge in [0.25, 0.3) is 0 Å². The average Bonchev–Trinajstić information content (AvgIpc) is 3.00. The van der Waals surface area contributed by atoms with Crippen LogP contribution < -0.4 is 10.0 Å². The van der Waals surface area contributed by atoms with E-state index in [9.17, 15) is 13.2 Å². The second-order valence-electron chi connectivity index (χ2n) is 7.97. The number of para-hydroxylation sites is 1. The maximum atomic E-state index is 12.6. The summed E-state index contributed by atoms with van der Waals surface area (Å²) in [5, 5.41) is 10.7. The van der Waals surface area contributed by atoms with Gasteiger partial charge >= 0.3 is 6.03 Å². The van der Waals surface area contributed by atoms with E-state index in [1.807, 2.05) is 45.9 Å². The van der Waals surface area contributed by atoms with Gasteiger partial charge in [0.15, 0.2) is 0 Å². The summed E-state index contributed by atoms with van der Waals surface area (Å²) in [6.07, 6.45) is 0. The normalized spacial score (nSPS) is 12.0. The highest BCUT2D eigenvalue weighted by atomic mass is 32.2. The van der Waals surface area contributed by atoms with Gasteiger partial charge in [-0.15, -0.1) is 5.10 Å². The van der Waals surface area contributed by atoms with E-state index in [2.05, 4.69) is 20.4 Å². The van der Waals surface area contributed by atoms with E-state index in [0.717, 1.165) is 16.6 Å². The van der Waals surface area contributed by atoms with Gasteiger partial charge in [0, 0.05) is 12.7 Å². The van der Waals surface area contributed by atoms with E-state index in [4.69, 9.17) is 0 Å². The van der Waals surface area contributed by atoms with Crippen LogP contribution in [-0.2, 0) is 22.8 Å². The van der Waals surface area contributed by atoms with Crippen LogP contribution in [0.1, 0.15) is 56.2 Å². The minimum absolute atomic E-state index is 0.175. The zero-order chi connectivity index (χ0) is 22.1. The molecule has 30 heavy (non-hydrogen) atoms. The maximum Gasteiger partial charge on any atom is 0.332 e. The Hall–Kier alpha value is -2.94. The molecule has 0 atom stereocenters. The van der Waals surface area contributed by atoms with E-state index in [1.54, 1.807) is 29.9 Å². The second kappa shape index (κ2) is 8.43. The summed E-state index contributed by atoms with van der Waals surface area (Å²) in [5.74, 6) is 0.0131. The first-order valence-electron chi connectivity index (χ1n) is 9.80. The van der Waals surface area contributed by atoms with Crippen molar-refractivity contribution in [3.8, 4) is 0 Å². The Kier molecular flexibility index (Phi) is 6.12. The molecule has 2 N–H and O–H groups in total. The molecule has 1 aromatic heterocycles. The number of carbonyl (C=O) groups excluding carboxylic acids is 1. The Morgan fingerprint density at radius 2 is 1.70 bits per heavy atom. The summed E-state index contributed by atoms with van der Waals surface area (Å²) in [6, 6.07) is 10.2. The van der Waals surface area contributed by atoms with Crippen molar-refractivity contribution in [3.05, 3.63) is 53.1 Å². The van der Waals surface area contributed by atoms with Crippen LogP contribution in [0.15, 0.2) is 36.4 Å². The van der Waals surface area contributed by atoms with E-state index < -0.39 is 16.1 Å². The molecule has 0 fully saturated rings. The highest BCUT2D eigenvalue weighted by Crippen LogP contribution is 2.32. The van der Waals surface area contributed by atoms with Crippen molar-refractivity contribution in [3.63, 3.8) is 0 Å². The topological polar surface area (TPSA) is 106 Å². The van der Waals surface area contributed by atoms with E-state index >= 15 is 0 Å². The number of urea groups is 1. The lowest BCUT2D eigenvalue weighted by atomic mass is 9.93. The Balaban J connectivity index is 1.78. The molecule has 3 rings (SSSR count). The van der Waals surface area contributed by atoms with Crippen LogP contribution in [0.4, 0.5) is 10.5 Å². The summed E-state index contributed by atoms with van der Waals surface area (Å²) < 4.78 is 28.9. The van der Waals surface area contributed by atoms with Crippen molar-refractivity contribution in [2.75, 3.05) is 5.32 Å². The average molecular weight is 430 g/mol. The fourth-order valence-corrected chi connectivity index (χ4v) is 4.43. The molecule has 0 aliphatic rings. The number of hydrogen-bond acceptors (Lipinski definition) is 5. The minimum atomic E-state index is -3.90. The van der Waals surface area contributed by atoms with Crippen LogP contribution in [0.2, 0.25) is 0 Å². The van der Waals surface area contributed by atoms with Crippen molar-refractivity contribution < 1.29 is 13.2 Å². The molecule has 0 saturated heterocycles. The Bertz CT molecular complexity index is 1160. The number of rotatable bonds is 6. The van der Waals surface area contributed by atoms with Gasteiger partial charge in [-0.1, -0.05) is 57.2 Å². The van der Waals surface area contributed by atoms with Gasteiger partial charge in [0.05, 0.1) is 11.3 Å². The summed E-state index contributed by atoms with van der Waals surface area (Å²) >= 11 is 0. The quantitative estimate of drug-likeness (QED) is 0.619. The molecule has 160 valence electrons. The number of nitrogens with zero attached hydrogens (tertiary/aromatic N) is 3. The number of nitrogens with one attached hydrogen (secondary N) is 2. The zero-order valence-corrected chi connectivity index (χ0v) is 18.6. The smallest absolute Gasteiger partial charge is 0.307 e. The molecule has 0 bridgehead atoms. The third-order valence-corrected chi connectivity index (χ3v) is 6.10. The standard InChI is InChI=1S/C21H27N5O3S/c1-13(2)16-7-6-8-17(14(3)4)20(16)22-21(27)24-30(28,29)12-15-9-10-19-18(11-15)23-25-26(19)5/h6-11,13-14H,12H2,1-5H3,(H2,22,24,27). The predicted octanol–water partition coefficient (Wildman–Crippen LogP) is 3.87. The Labute approximate surface area is 176 Å². The molecule has 2 amide bonds. The summed E-state index contributed by atoms with van der Waals surface area (Å²) in [7, 11) is -2.14. The van der Waals surface area contributed by atoms with Crippen molar-refractivity contribution in [2.45, 2.75) is 45.3 Å². The van der Waals surface area contributed by atoms with Gasteiger partial charge in [-0.25, -0.2) is 22.6 Å². The number of aromatic nitrogens is 3. The largest absolute Gasteiger partial charge is 0.332 e. The van der Waals surface area contributed by atoms with Gasteiger partial charge in [-0.05, 0) is 40.7 Å². The molecule has 3 aromatic rings. The van der Waals surface area contributed by atoms with Crippen LogP contribution in [0.25, 0.3) is 11.0 Å². The highest BCUT2D eigenvalue weighted by Gasteiger charge is 2.20. The number of hydrogen-bond donors (Lipinski definition) is 2. The molecule has 0 spiro atoms. The number of anilines is 1. The molecule has 1 heterocycles. The van der Waals surface area contributed by atoms with Crippen LogP contribution in [0.3, 0.4) is 0 Å². The number of fused-ring (bicyclic) bond motifs is 1. The minimum Gasteiger partial charge on any atom is -0.307 e. The first-order valence-corrected chi connectivity index (χ1v) is 11.4. The van der Waals surface area contributed by atoms with Gasteiger partial charge in [-0.3, -0.25) is 0 Å². The van der Waals surface area contributed by atoms with E-state index in [1.165, 1.54) is 0 Å². The maximum absolute atomic E-state index is 12.6. The van der Waals surface area contributed by atoms with Crippen LogP contribution in [0.5, 0.6) is 0 Å². The lowest BCUT2D eigenvalue weighted by molar-refractivity contribution is 0.256. The van der Waals surface area contributed by atoms with Crippen LogP contribution in [-0.4, -0.2) is 29.4 Å². The molecule has 0 saturated carbocycles. The van der Waals surface area contributed by atoms with E-state index in [0.29, 0.717) is 16.8 Å². The molecule has 0 aliphatic heterocycles. The summed E-state index contributed by atoms with van der Waals surface area (Å²) in [5.41, 5.74) is 4.50. The molecule has 0 unspecified atom stereocenters. The number of benzene rings is 2. The van der Waals surface area contributed by atoms with Gasteiger partial charge in [0.1, 0.15) is 5.52 Å². The lowest BCUT2D eigenvalue weighted by Gasteiger charge is -2.20. The third-order valence-electron chi connectivity index (χ3n) is 4.89. The monoisotopic (exact) mass is 429 g/mol. The number of aryl methyl sites for hydroxylation is 1. The van der Waals surface area contributed by atoms with Crippen molar-refractivity contribution in [2.24, 2.45) is 7.05 Å². The van der Waals surface area contributed by atoms with Gasteiger partial charge in [0.2, 0.25) is 10.0 Å². The van der Waals surface area contributed by atoms with Gasteiger partial charge < -0.3 is 5.32 Å². The molecule has 0 radical (unpaired) electrons. The number of sulfonamides is 1. The Morgan fingerprint density at radius 1 is 1.07 bits per heavy atom. The lowest BCUT2D eigenvalue weighted by Crippen LogP contribution is -2.35. The van der Waals surface area contributed by atoms with Gasteiger partial charge in [-0.2, -0.15) is 0 Å². The second-order valence-corrected chi connectivity index (χ2v) is 9.69. The molecular formula is C21H27N5O3S.